The monoisotopic (exact) mass is 237 g/mol. The van der Waals surface area contributed by atoms with Crippen molar-refractivity contribution in [2.45, 2.75) is 39.5 Å². The van der Waals surface area contributed by atoms with Crippen LogP contribution in [0.15, 0.2) is 12.5 Å². The van der Waals surface area contributed by atoms with Gasteiger partial charge in [0, 0.05) is 6.20 Å². The summed E-state index contributed by atoms with van der Waals surface area (Å²) in [6.07, 6.45) is 3.45. The molecule has 0 bridgehead atoms. The van der Waals surface area contributed by atoms with Crippen molar-refractivity contribution >= 4 is 5.91 Å². The topological polar surface area (TPSA) is 67.0 Å². The van der Waals surface area contributed by atoms with Gasteiger partial charge in [-0.25, -0.2) is 4.98 Å². The lowest BCUT2D eigenvalue weighted by Crippen LogP contribution is -2.36. The minimum absolute atomic E-state index is 0.0123. The van der Waals surface area contributed by atoms with Gasteiger partial charge >= 0.3 is 0 Å². The normalized spacial score (nSPS) is 32.6. The number of carbonyl (C=O) groups excluding carboxylic acids is 1. The van der Waals surface area contributed by atoms with Gasteiger partial charge in [-0.2, -0.15) is 0 Å². The van der Waals surface area contributed by atoms with Gasteiger partial charge in [-0.3, -0.25) is 4.79 Å². The summed E-state index contributed by atoms with van der Waals surface area (Å²) >= 11 is 0. The van der Waals surface area contributed by atoms with E-state index in [1.807, 2.05) is 13.8 Å². The summed E-state index contributed by atoms with van der Waals surface area (Å²) in [5.74, 6) is 0.253. The van der Waals surface area contributed by atoms with E-state index in [4.69, 9.17) is 4.74 Å². The molecule has 17 heavy (non-hydrogen) atoms. The van der Waals surface area contributed by atoms with Gasteiger partial charge in [-0.15, -0.1) is 0 Å². The molecule has 0 aliphatic carbocycles. The highest BCUT2D eigenvalue weighted by atomic mass is 16.5. The number of nitrogens with zero attached hydrogens (tertiary/aromatic N) is 1. The van der Waals surface area contributed by atoms with Crippen LogP contribution in [0, 0.1) is 11.8 Å². The first kappa shape index (κ1) is 12.1. The molecule has 1 aromatic rings. The van der Waals surface area contributed by atoms with E-state index in [0.29, 0.717) is 6.54 Å². The average Bonchev–Trinajstić information content (AvgIpc) is 2.86. The molecule has 94 valence electrons. The maximum Gasteiger partial charge on any atom is 0.226 e. The number of carbonyl (C=O) groups is 1. The molecule has 0 spiro atoms. The smallest absolute Gasteiger partial charge is 0.226 e. The lowest BCUT2D eigenvalue weighted by atomic mass is 9.89. The Bertz CT molecular complexity index is 377. The molecule has 1 aliphatic heterocycles. The van der Waals surface area contributed by atoms with Gasteiger partial charge in [0.1, 0.15) is 0 Å². The summed E-state index contributed by atoms with van der Waals surface area (Å²) in [5, 5.41) is 2.92. The predicted molar refractivity (Wildman–Crippen MR) is 63.1 cm³/mol. The van der Waals surface area contributed by atoms with Crippen molar-refractivity contribution in [1.82, 2.24) is 15.3 Å². The van der Waals surface area contributed by atoms with Crippen molar-refractivity contribution in [2.24, 2.45) is 11.8 Å². The quantitative estimate of drug-likeness (QED) is 0.826. The second-order valence-electron chi connectivity index (χ2n) is 4.73. The summed E-state index contributed by atoms with van der Waals surface area (Å²) in [6.45, 7) is 6.53. The number of rotatable bonds is 3. The van der Waals surface area contributed by atoms with Crippen molar-refractivity contribution in [2.75, 3.05) is 0 Å². The zero-order chi connectivity index (χ0) is 12.4. The first-order valence-corrected chi connectivity index (χ1v) is 6.00. The number of nitrogens with one attached hydrogen (secondary N) is 2. The summed E-state index contributed by atoms with van der Waals surface area (Å²) in [7, 11) is 0. The number of amides is 1. The van der Waals surface area contributed by atoms with Gasteiger partial charge in [-0.05, 0) is 19.8 Å². The highest BCUT2D eigenvalue weighted by Crippen LogP contribution is 2.32. The molecule has 1 saturated heterocycles. The van der Waals surface area contributed by atoms with Crippen molar-refractivity contribution in [1.29, 1.82) is 0 Å². The number of aromatic amines is 1. The standard InChI is InChI=1S/C12H19N3O2/c1-7-8(2)17-9(3)11(7)12(16)14-5-10-4-13-6-15-10/h4,6-9,11H,5H2,1-3H3,(H,13,15)(H,14,16). The fourth-order valence-corrected chi connectivity index (χ4v) is 2.40. The minimum Gasteiger partial charge on any atom is -0.374 e. The van der Waals surface area contributed by atoms with E-state index < -0.39 is 0 Å². The Hall–Kier alpha value is -1.36. The Morgan fingerprint density at radius 1 is 1.47 bits per heavy atom. The second kappa shape index (κ2) is 4.87. The number of hydrogen-bond donors (Lipinski definition) is 2. The van der Waals surface area contributed by atoms with Crippen LogP contribution < -0.4 is 5.32 Å². The Morgan fingerprint density at radius 3 is 2.76 bits per heavy atom. The third kappa shape index (κ3) is 2.49. The molecule has 0 radical (unpaired) electrons. The number of H-pyrrole nitrogens is 1. The van der Waals surface area contributed by atoms with Crippen LogP contribution >= 0.6 is 0 Å². The lowest BCUT2D eigenvalue weighted by molar-refractivity contribution is -0.127. The molecule has 4 atom stereocenters. The molecule has 0 aromatic carbocycles. The van der Waals surface area contributed by atoms with Crippen LogP contribution in [-0.4, -0.2) is 28.1 Å². The molecule has 2 N–H and O–H groups in total. The van der Waals surface area contributed by atoms with E-state index in [0.717, 1.165) is 5.69 Å². The Kier molecular flexibility index (Phi) is 3.47. The van der Waals surface area contributed by atoms with Crippen LogP contribution in [0.3, 0.4) is 0 Å². The maximum absolute atomic E-state index is 12.1. The van der Waals surface area contributed by atoms with Crippen molar-refractivity contribution in [3.63, 3.8) is 0 Å². The van der Waals surface area contributed by atoms with Gasteiger partial charge in [0.2, 0.25) is 5.91 Å². The molecular formula is C12H19N3O2. The molecule has 2 heterocycles. The van der Waals surface area contributed by atoms with Gasteiger partial charge < -0.3 is 15.0 Å². The lowest BCUT2D eigenvalue weighted by Gasteiger charge is -2.17. The number of imidazole rings is 1. The minimum atomic E-state index is -0.0621. The molecule has 5 nitrogen and oxygen atoms in total. The molecular weight excluding hydrogens is 218 g/mol. The summed E-state index contributed by atoms with van der Waals surface area (Å²) < 4.78 is 5.66. The largest absolute Gasteiger partial charge is 0.374 e. The van der Waals surface area contributed by atoms with Crippen LogP contribution in [0.2, 0.25) is 0 Å². The second-order valence-corrected chi connectivity index (χ2v) is 4.73. The van der Waals surface area contributed by atoms with Gasteiger partial charge in [0.15, 0.2) is 0 Å². The van der Waals surface area contributed by atoms with E-state index in [-0.39, 0.29) is 30.0 Å². The molecule has 1 fully saturated rings. The third-order valence-electron chi connectivity index (χ3n) is 3.55. The van der Waals surface area contributed by atoms with E-state index in [9.17, 15) is 4.79 Å². The van der Waals surface area contributed by atoms with E-state index in [1.165, 1.54) is 0 Å². The van der Waals surface area contributed by atoms with E-state index >= 15 is 0 Å². The van der Waals surface area contributed by atoms with Crippen LogP contribution in [0.1, 0.15) is 26.5 Å². The zero-order valence-corrected chi connectivity index (χ0v) is 10.4. The molecule has 1 aliphatic rings. The maximum atomic E-state index is 12.1. The molecule has 0 saturated carbocycles. The van der Waals surface area contributed by atoms with Gasteiger partial charge in [0.25, 0.3) is 0 Å². The first-order valence-electron chi connectivity index (χ1n) is 6.00. The molecule has 4 unspecified atom stereocenters. The Morgan fingerprint density at radius 2 is 2.24 bits per heavy atom. The summed E-state index contributed by atoms with van der Waals surface area (Å²) in [5.41, 5.74) is 0.908. The van der Waals surface area contributed by atoms with E-state index in [1.54, 1.807) is 12.5 Å². The van der Waals surface area contributed by atoms with Crippen LogP contribution in [-0.2, 0) is 16.1 Å². The zero-order valence-electron chi connectivity index (χ0n) is 10.4. The summed E-state index contributed by atoms with van der Waals surface area (Å²) in [6, 6.07) is 0. The van der Waals surface area contributed by atoms with Crippen LogP contribution in [0.4, 0.5) is 0 Å². The summed E-state index contributed by atoms with van der Waals surface area (Å²) in [4.78, 5) is 18.9. The third-order valence-corrected chi connectivity index (χ3v) is 3.55. The molecule has 5 heteroatoms. The number of ether oxygens (including phenoxy) is 1. The number of aromatic nitrogens is 2. The highest BCUT2D eigenvalue weighted by Gasteiger charge is 2.41. The van der Waals surface area contributed by atoms with Crippen molar-refractivity contribution in [3.05, 3.63) is 18.2 Å². The first-order chi connectivity index (χ1) is 8.09. The Balaban J connectivity index is 1.91. The van der Waals surface area contributed by atoms with Crippen LogP contribution in [0.25, 0.3) is 0 Å². The van der Waals surface area contributed by atoms with Crippen molar-refractivity contribution < 1.29 is 9.53 Å². The van der Waals surface area contributed by atoms with Gasteiger partial charge in [0.05, 0.1) is 36.7 Å². The predicted octanol–water partition coefficient (Wildman–Crippen LogP) is 1.09. The molecule has 2 rings (SSSR count). The SMILES string of the molecule is CC1OC(C)C(C(=O)NCc2cnc[nH]2)C1C. The highest BCUT2D eigenvalue weighted by molar-refractivity contribution is 5.79. The Labute approximate surface area is 101 Å². The van der Waals surface area contributed by atoms with Crippen molar-refractivity contribution in [3.8, 4) is 0 Å². The molecule has 1 amide bonds. The fourth-order valence-electron chi connectivity index (χ4n) is 2.40. The number of hydrogen-bond acceptors (Lipinski definition) is 3. The van der Waals surface area contributed by atoms with Crippen LogP contribution in [0.5, 0.6) is 0 Å². The van der Waals surface area contributed by atoms with Gasteiger partial charge in [-0.1, -0.05) is 6.92 Å². The van der Waals surface area contributed by atoms with E-state index in [2.05, 4.69) is 22.2 Å². The average molecular weight is 237 g/mol. The molecule has 1 aromatic heterocycles. The fraction of sp³-hybridized carbons (Fsp3) is 0.667.